The Morgan fingerprint density at radius 2 is 2.00 bits per heavy atom. The molecular weight excluding hydrogens is 434 g/mol. The topological polar surface area (TPSA) is 94.9 Å². The number of halogens is 2. The number of likely N-dealkylation sites (N-methyl/N-ethyl adjacent to an activating group) is 1. The summed E-state index contributed by atoms with van der Waals surface area (Å²) in [5.74, 6) is -3.56. The van der Waals surface area contributed by atoms with E-state index in [9.17, 15) is 28.3 Å². The van der Waals surface area contributed by atoms with Gasteiger partial charge in [0, 0.05) is 31.3 Å². The van der Waals surface area contributed by atoms with Gasteiger partial charge in [0.2, 0.25) is 5.43 Å². The molecule has 0 fully saturated rings. The van der Waals surface area contributed by atoms with Gasteiger partial charge in [-0.1, -0.05) is 13.0 Å². The number of aromatic hydroxyl groups is 1. The van der Waals surface area contributed by atoms with Crippen LogP contribution in [0.25, 0.3) is 0 Å². The van der Waals surface area contributed by atoms with E-state index in [1.165, 1.54) is 6.07 Å². The quantitative estimate of drug-likeness (QED) is 0.689. The predicted octanol–water partition coefficient (Wildman–Crippen LogP) is 2.18. The number of hydrogen-bond donors (Lipinski definition) is 2. The fraction of sp³-hybridized carbons (Fsp3) is 0.435. The second-order valence-corrected chi connectivity index (χ2v) is 8.40. The van der Waals surface area contributed by atoms with Crippen LogP contribution < -0.4 is 10.7 Å². The molecule has 0 saturated carbocycles. The lowest BCUT2D eigenvalue weighted by atomic mass is 10.0. The molecule has 10 heteroatoms. The number of nitrogens with zero attached hydrogens (tertiary/aromatic N) is 3. The Balaban J connectivity index is 1.81. The van der Waals surface area contributed by atoms with E-state index in [0.717, 1.165) is 6.07 Å². The van der Waals surface area contributed by atoms with Crippen molar-refractivity contribution >= 4 is 11.8 Å². The Labute approximate surface area is 189 Å². The van der Waals surface area contributed by atoms with Crippen molar-refractivity contribution in [2.75, 3.05) is 26.7 Å². The highest BCUT2D eigenvalue weighted by Gasteiger charge is 2.45. The Morgan fingerprint density at radius 1 is 1.27 bits per heavy atom. The molecule has 0 saturated heterocycles. The highest BCUT2D eigenvalue weighted by Crippen LogP contribution is 2.44. The average Bonchev–Trinajstić information content (AvgIpc) is 3.15. The van der Waals surface area contributed by atoms with Crippen LogP contribution in [-0.4, -0.2) is 58.0 Å². The van der Waals surface area contributed by atoms with Gasteiger partial charge in [-0.2, -0.15) is 0 Å². The Bertz CT molecular complexity index is 1200. The molecule has 33 heavy (non-hydrogen) atoms. The third-order valence-electron chi connectivity index (χ3n) is 6.61. The summed E-state index contributed by atoms with van der Waals surface area (Å²) in [4.78, 5) is 42.9. The van der Waals surface area contributed by atoms with E-state index in [1.54, 1.807) is 9.47 Å². The molecule has 2 aliphatic heterocycles. The van der Waals surface area contributed by atoms with Crippen molar-refractivity contribution in [2.45, 2.75) is 38.9 Å². The number of aromatic nitrogens is 1. The fourth-order valence-corrected chi connectivity index (χ4v) is 4.76. The number of amides is 2. The summed E-state index contributed by atoms with van der Waals surface area (Å²) in [6.45, 7) is 4.97. The summed E-state index contributed by atoms with van der Waals surface area (Å²) >= 11 is 0. The van der Waals surface area contributed by atoms with Crippen LogP contribution in [0.4, 0.5) is 8.78 Å². The zero-order chi connectivity index (χ0) is 24.0. The van der Waals surface area contributed by atoms with Crippen molar-refractivity contribution in [3.05, 3.63) is 62.6 Å². The van der Waals surface area contributed by atoms with E-state index in [-0.39, 0.29) is 35.4 Å². The first-order valence-electron chi connectivity index (χ1n) is 10.9. The van der Waals surface area contributed by atoms with Gasteiger partial charge in [0.25, 0.3) is 11.8 Å². The van der Waals surface area contributed by atoms with Crippen LogP contribution >= 0.6 is 0 Å². The van der Waals surface area contributed by atoms with Crippen LogP contribution in [0.1, 0.15) is 64.5 Å². The maximum atomic E-state index is 14.0. The summed E-state index contributed by atoms with van der Waals surface area (Å²) in [6, 6.07) is 2.48. The number of nitrogens with one attached hydrogen (secondary N) is 1. The first-order chi connectivity index (χ1) is 15.7. The van der Waals surface area contributed by atoms with E-state index >= 15 is 0 Å². The highest BCUT2D eigenvalue weighted by molar-refractivity contribution is 6.00. The second-order valence-electron chi connectivity index (χ2n) is 8.40. The van der Waals surface area contributed by atoms with Crippen molar-refractivity contribution < 1.29 is 23.5 Å². The van der Waals surface area contributed by atoms with Gasteiger partial charge in [0.15, 0.2) is 11.4 Å². The van der Waals surface area contributed by atoms with Crippen molar-refractivity contribution in [1.82, 2.24) is 19.7 Å². The summed E-state index contributed by atoms with van der Waals surface area (Å²) in [7, 11) is 1.86. The van der Waals surface area contributed by atoms with Gasteiger partial charge in [-0.15, -0.1) is 0 Å². The molecule has 2 aromatic rings. The number of carbonyl (C=O) groups is 2. The minimum Gasteiger partial charge on any atom is -0.503 e. The molecule has 2 aliphatic rings. The molecule has 8 nitrogen and oxygen atoms in total. The lowest BCUT2D eigenvalue weighted by Crippen LogP contribution is -2.44. The molecule has 2 amide bonds. The molecule has 2 atom stereocenters. The Hall–Kier alpha value is -3.27. The lowest BCUT2D eigenvalue weighted by Gasteiger charge is -2.33. The van der Waals surface area contributed by atoms with Gasteiger partial charge in [-0.3, -0.25) is 19.3 Å². The Morgan fingerprint density at radius 3 is 2.64 bits per heavy atom. The lowest BCUT2D eigenvalue weighted by molar-refractivity contribution is 0.0672. The molecule has 0 radical (unpaired) electrons. The van der Waals surface area contributed by atoms with E-state index < -0.39 is 34.6 Å². The van der Waals surface area contributed by atoms with Gasteiger partial charge < -0.3 is 19.9 Å². The molecule has 0 spiro atoms. The van der Waals surface area contributed by atoms with Crippen molar-refractivity contribution in [3.8, 4) is 5.75 Å². The number of carbonyl (C=O) groups excluding carboxylic acids is 2. The Kier molecular flexibility index (Phi) is 5.96. The first kappa shape index (κ1) is 22.9. The minimum atomic E-state index is -0.935. The van der Waals surface area contributed by atoms with Crippen LogP contribution in [0.3, 0.4) is 0 Å². The zero-order valence-electron chi connectivity index (χ0n) is 18.7. The fourth-order valence-electron chi connectivity index (χ4n) is 4.76. The van der Waals surface area contributed by atoms with Crippen LogP contribution in [0.5, 0.6) is 5.75 Å². The molecular formula is C23H26F2N4O4. The molecule has 1 aromatic heterocycles. The monoisotopic (exact) mass is 460 g/mol. The van der Waals surface area contributed by atoms with Gasteiger partial charge in [0.05, 0.1) is 17.8 Å². The van der Waals surface area contributed by atoms with Gasteiger partial charge >= 0.3 is 0 Å². The van der Waals surface area contributed by atoms with Crippen LogP contribution in [0, 0.1) is 11.6 Å². The maximum absolute atomic E-state index is 14.0. The van der Waals surface area contributed by atoms with Crippen LogP contribution in [-0.2, 0) is 6.54 Å². The smallest absolute Gasteiger partial charge is 0.274 e. The molecule has 0 bridgehead atoms. The van der Waals surface area contributed by atoms with E-state index in [1.807, 2.05) is 25.8 Å². The number of hydrogen-bond acceptors (Lipinski definition) is 5. The van der Waals surface area contributed by atoms with E-state index in [4.69, 9.17) is 0 Å². The molecule has 1 aromatic carbocycles. The summed E-state index contributed by atoms with van der Waals surface area (Å²) in [5, 5.41) is 13.2. The predicted molar refractivity (Wildman–Crippen MR) is 116 cm³/mol. The van der Waals surface area contributed by atoms with Gasteiger partial charge in [0.1, 0.15) is 17.2 Å². The zero-order valence-corrected chi connectivity index (χ0v) is 18.7. The maximum Gasteiger partial charge on any atom is 0.274 e. The number of rotatable bonds is 6. The van der Waals surface area contributed by atoms with Crippen LogP contribution in [0.15, 0.2) is 23.0 Å². The van der Waals surface area contributed by atoms with Gasteiger partial charge in [-0.05, 0) is 33.0 Å². The molecule has 2 N–H and O–H groups in total. The summed E-state index contributed by atoms with van der Waals surface area (Å²) in [5.41, 5.74) is -0.860. The second kappa shape index (κ2) is 8.58. The van der Waals surface area contributed by atoms with Crippen molar-refractivity contribution in [2.24, 2.45) is 0 Å². The largest absolute Gasteiger partial charge is 0.503 e. The van der Waals surface area contributed by atoms with Crippen molar-refractivity contribution in [3.63, 3.8) is 0 Å². The SMILES string of the molecule is CCN1C[C@@H]2CC(N(C)CC)c3c(C(=O)NCc4ccc(F)cc4F)c(=O)c(O)c(n32)C1=O. The normalized spacial score (nSPS) is 19.2. The van der Waals surface area contributed by atoms with Crippen molar-refractivity contribution in [1.29, 1.82) is 0 Å². The third-order valence-corrected chi connectivity index (χ3v) is 6.61. The van der Waals surface area contributed by atoms with Gasteiger partial charge in [-0.25, -0.2) is 8.78 Å². The van der Waals surface area contributed by atoms with E-state index in [2.05, 4.69) is 5.32 Å². The average molecular weight is 460 g/mol. The highest BCUT2D eigenvalue weighted by atomic mass is 19.1. The molecule has 4 rings (SSSR count). The molecule has 176 valence electrons. The first-order valence-corrected chi connectivity index (χ1v) is 10.9. The van der Waals surface area contributed by atoms with Crippen LogP contribution in [0.2, 0.25) is 0 Å². The summed E-state index contributed by atoms with van der Waals surface area (Å²) in [6.07, 6.45) is 0.566. The number of pyridine rings is 1. The third kappa shape index (κ3) is 3.68. The molecule has 3 heterocycles. The molecule has 0 aliphatic carbocycles. The number of benzene rings is 1. The molecule has 1 unspecified atom stereocenters. The summed E-state index contributed by atoms with van der Waals surface area (Å²) < 4.78 is 28.8. The standard InChI is InChI=1S/C23H26F2N4O4/c1-4-27(3)16-9-14-11-28(5-2)23(33)19-21(31)20(30)17(18(16)29(14)19)22(32)26-10-12-6-7-13(24)8-15(12)25/h6-8,14,16,31H,4-5,9-11H2,1-3H3,(H,26,32)/t14-,16?/m0/s1. The van der Waals surface area contributed by atoms with E-state index in [0.29, 0.717) is 37.8 Å². The minimum absolute atomic E-state index is 0.0531.